The van der Waals surface area contributed by atoms with Gasteiger partial charge in [-0.15, -0.1) is 0 Å². The van der Waals surface area contributed by atoms with Gasteiger partial charge in [0.05, 0.1) is 0 Å². The van der Waals surface area contributed by atoms with Gasteiger partial charge in [-0.1, -0.05) is 28.1 Å². The standard InChI is InChI=1S/C14H18BrN3OS/c15-10-3-4-11(14(16)20)12(9-10)17-6-5-13(19)18-7-1-2-8-18/h3-4,9,17H,1-2,5-8H2,(H2,16,20). The topological polar surface area (TPSA) is 58.4 Å². The molecule has 0 radical (unpaired) electrons. The summed E-state index contributed by atoms with van der Waals surface area (Å²) >= 11 is 8.45. The fraction of sp³-hybridized carbons (Fsp3) is 0.429. The Morgan fingerprint density at radius 1 is 1.40 bits per heavy atom. The van der Waals surface area contributed by atoms with Gasteiger partial charge in [-0.2, -0.15) is 0 Å². The lowest BCUT2D eigenvalue weighted by Gasteiger charge is -2.16. The molecule has 0 aliphatic carbocycles. The molecule has 6 heteroatoms. The van der Waals surface area contributed by atoms with E-state index in [1.165, 1.54) is 0 Å². The predicted molar refractivity (Wildman–Crippen MR) is 89.0 cm³/mol. The van der Waals surface area contributed by atoms with Gasteiger partial charge in [-0.3, -0.25) is 4.79 Å². The lowest BCUT2D eigenvalue weighted by molar-refractivity contribution is -0.129. The summed E-state index contributed by atoms with van der Waals surface area (Å²) in [5, 5.41) is 3.24. The van der Waals surface area contributed by atoms with E-state index in [1.807, 2.05) is 23.1 Å². The molecule has 1 amide bonds. The van der Waals surface area contributed by atoms with E-state index in [0.717, 1.165) is 41.7 Å². The molecule has 0 unspecified atom stereocenters. The van der Waals surface area contributed by atoms with Crippen LogP contribution in [0, 0.1) is 0 Å². The number of halogens is 1. The van der Waals surface area contributed by atoms with Crippen molar-refractivity contribution in [2.24, 2.45) is 5.73 Å². The van der Waals surface area contributed by atoms with Gasteiger partial charge in [0, 0.05) is 41.8 Å². The molecule has 1 aliphatic rings. The van der Waals surface area contributed by atoms with Gasteiger partial charge in [0.1, 0.15) is 4.99 Å². The minimum absolute atomic E-state index is 0.210. The number of amides is 1. The predicted octanol–water partition coefficient (Wildman–Crippen LogP) is 2.51. The highest BCUT2D eigenvalue weighted by Gasteiger charge is 2.17. The summed E-state index contributed by atoms with van der Waals surface area (Å²) in [6, 6.07) is 5.70. The molecule has 2 rings (SSSR count). The molecule has 0 spiro atoms. The van der Waals surface area contributed by atoms with Crippen LogP contribution < -0.4 is 11.1 Å². The van der Waals surface area contributed by atoms with Gasteiger partial charge in [-0.25, -0.2) is 0 Å². The van der Waals surface area contributed by atoms with E-state index in [2.05, 4.69) is 21.2 Å². The fourth-order valence-electron chi connectivity index (χ4n) is 2.31. The molecule has 108 valence electrons. The number of thiocarbonyl (C=S) groups is 1. The highest BCUT2D eigenvalue weighted by Crippen LogP contribution is 2.21. The lowest BCUT2D eigenvalue weighted by atomic mass is 10.1. The molecule has 1 saturated heterocycles. The van der Waals surface area contributed by atoms with Gasteiger partial charge in [0.2, 0.25) is 5.91 Å². The number of carbonyl (C=O) groups excluding carboxylic acids is 1. The number of nitrogens with zero attached hydrogens (tertiary/aromatic N) is 1. The number of benzene rings is 1. The van der Waals surface area contributed by atoms with Gasteiger partial charge >= 0.3 is 0 Å². The zero-order valence-electron chi connectivity index (χ0n) is 11.2. The molecule has 20 heavy (non-hydrogen) atoms. The number of likely N-dealkylation sites (tertiary alicyclic amines) is 1. The number of nitrogens with two attached hydrogens (primary N) is 1. The Labute approximate surface area is 132 Å². The van der Waals surface area contributed by atoms with Crippen molar-refractivity contribution in [3.63, 3.8) is 0 Å². The van der Waals surface area contributed by atoms with Crippen LogP contribution in [0.1, 0.15) is 24.8 Å². The minimum Gasteiger partial charge on any atom is -0.389 e. The molecule has 4 nitrogen and oxygen atoms in total. The number of hydrogen-bond donors (Lipinski definition) is 2. The third kappa shape index (κ3) is 3.93. The van der Waals surface area contributed by atoms with Crippen LogP contribution in [0.4, 0.5) is 5.69 Å². The summed E-state index contributed by atoms with van der Waals surface area (Å²) in [4.78, 5) is 14.2. The van der Waals surface area contributed by atoms with E-state index in [4.69, 9.17) is 18.0 Å². The average molecular weight is 356 g/mol. The quantitative estimate of drug-likeness (QED) is 0.796. The van der Waals surface area contributed by atoms with Crippen LogP contribution in [0.15, 0.2) is 22.7 Å². The summed E-state index contributed by atoms with van der Waals surface area (Å²) in [7, 11) is 0. The van der Waals surface area contributed by atoms with Crippen LogP contribution >= 0.6 is 28.1 Å². The smallest absolute Gasteiger partial charge is 0.224 e. The van der Waals surface area contributed by atoms with Crippen molar-refractivity contribution in [3.8, 4) is 0 Å². The van der Waals surface area contributed by atoms with Gasteiger partial charge < -0.3 is 16.0 Å². The molecular formula is C14H18BrN3OS. The van der Waals surface area contributed by atoms with Crippen LogP contribution in [0.5, 0.6) is 0 Å². The Hall–Kier alpha value is -1.14. The Morgan fingerprint density at radius 2 is 2.10 bits per heavy atom. The molecule has 1 fully saturated rings. The molecule has 0 atom stereocenters. The zero-order valence-corrected chi connectivity index (χ0v) is 13.6. The maximum absolute atomic E-state index is 11.9. The van der Waals surface area contributed by atoms with Crippen LogP contribution in [-0.4, -0.2) is 35.4 Å². The van der Waals surface area contributed by atoms with E-state index in [1.54, 1.807) is 0 Å². The molecule has 1 aromatic rings. The van der Waals surface area contributed by atoms with Crippen molar-refractivity contribution in [2.75, 3.05) is 25.0 Å². The molecule has 1 aliphatic heterocycles. The Kier molecular flexibility index (Phi) is 5.37. The summed E-state index contributed by atoms with van der Waals surface area (Å²) < 4.78 is 0.950. The van der Waals surface area contributed by atoms with Crippen molar-refractivity contribution in [1.29, 1.82) is 0 Å². The third-order valence-electron chi connectivity index (χ3n) is 3.36. The van der Waals surface area contributed by atoms with Crippen molar-refractivity contribution < 1.29 is 4.79 Å². The monoisotopic (exact) mass is 355 g/mol. The molecule has 1 aromatic carbocycles. The van der Waals surface area contributed by atoms with Crippen molar-refractivity contribution in [3.05, 3.63) is 28.2 Å². The van der Waals surface area contributed by atoms with Crippen molar-refractivity contribution in [2.45, 2.75) is 19.3 Å². The first kappa shape index (κ1) is 15.3. The molecular weight excluding hydrogens is 338 g/mol. The van der Waals surface area contributed by atoms with E-state index in [9.17, 15) is 4.79 Å². The maximum atomic E-state index is 11.9. The largest absolute Gasteiger partial charge is 0.389 e. The molecule has 0 aromatic heterocycles. The second-order valence-electron chi connectivity index (χ2n) is 4.82. The highest BCUT2D eigenvalue weighted by molar-refractivity contribution is 9.10. The summed E-state index contributed by atoms with van der Waals surface area (Å²) in [5.41, 5.74) is 7.36. The molecule has 0 bridgehead atoms. The first-order valence-electron chi connectivity index (χ1n) is 6.69. The van der Waals surface area contributed by atoms with E-state index in [0.29, 0.717) is 18.0 Å². The second kappa shape index (κ2) is 7.04. The second-order valence-corrected chi connectivity index (χ2v) is 6.17. The van der Waals surface area contributed by atoms with Crippen molar-refractivity contribution >= 4 is 44.7 Å². The van der Waals surface area contributed by atoms with E-state index in [-0.39, 0.29) is 5.91 Å². The SMILES string of the molecule is NC(=S)c1ccc(Br)cc1NCCC(=O)N1CCCC1. The minimum atomic E-state index is 0.210. The number of nitrogens with one attached hydrogen (secondary N) is 1. The average Bonchev–Trinajstić information content (AvgIpc) is 2.92. The zero-order chi connectivity index (χ0) is 14.5. The number of carbonyl (C=O) groups is 1. The third-order valence-corrected chi connectivity index (χ3v) is 4.07. The van der Waals surface area contributed by atoms with Crippen LogP contribution in [-0.2, 0) is 4.79 Å². The van der Waals surface area contributed by atoms with Gasteiger partial charge in [0.15, 0.2) is 0 Å². The number of anilines is 1. The lowest BCUT2D eigenvalue weighted by Crippen LogP contribution is -2.29. The summed E-state index contributed by atoms with van der Waals surface area (Å²) in [6.07, 6.45) is 2.73. The van der Waals surface area contributed by atoms with Crippen LogP contribution in [0.25, 0.3) is 0 Å². The summed E-state index contributed by atoms with van der Waals surface area (Å²) in [5.74, 6) is 0.210. The van der Waals surface area contributed by atoms with Gasteiger partial charge in [0.25, 0.3) is 0 Å². The molecule has 3 N–H and O–H groups in total. The number of hydrogen-bond acceptors (Lipinski definition) is 3. The molecule has 0 saturated carbocycles. The Balaban J connectivity index is 1.91. The first-order valence-corrected chi connectivity index (χ1v) is 7.89. The van der Waals surface area contributed by atoms with Crippen molar-refractivity contribution in [1.82, 2.24) is 4.90 Å². The Bertz CT molecular complexity index is 515. The normalized spacial score (nSPS) is 14.3. The maximum Gasteiger partial charge on any atom is 0.224 e. The van der Waals surface area contributed by atoms with E-state index < -0.39 is 0 Å². The summed E-state index contributed by atoms with van der Waals surface area (Å²) in [6.45, 7) is 2.38. The number of rotatable bonds is 5. The highest BCUT2D eigenvalue weighted by atomic mass is 79.9. The fourth-order valence-corrected chi connectivity index (χ4v) is 2.85. The van der Waals surface area contributed by atoms with E-state index >= 15 is 0 Å². The van der Waals surface area contributed by atoms with Crippen LogP contribution in [0.2, 0.25) is 0 Å². The van der Waals surface area contributed by atoms with Gasteiger partial charge in [-0.05, 0) is 31.0 Å². The molecule has 1 heterocycles. The van der Waals surface area contributed by atoms with Crippen LogP contribution in [0.3, 0.4) is 0 Å². The first-order chi connectivity index (χ1) is 9.58. The Morgan fingerprint density at radius 3 is 2.75 bits per heavy atom.